The van der Waals surface area contributed by atoms with E-state index in [2.05, 4.69) is 16.0 Å². The molecule has 33 heavy (non-hydrogen) atoms. The number of amides is 2. The van der Waals surface area contributed by atoms with Gasteiger partial charge < -0.3 is 34.9 Å². The van der Waals surface area contributed by atoms with E-state index in [1.807, 2.05) is 24.3 Å². The first-order valence-corrected chi connectivity index (χ1v) is 11.0. The Morgan fingerprint density at radius 3 is 2.61 bits per heavy atom. The van der Waals surface area contributed by atoms with Crippen molar-refractivity contribution in [2.75, 3.05) is 33.9 Å². The fourth-order valence-electron chi connectivity index (χ4n) is 3.96. The summed E-state index contributed by atoms with van der Waals surface area (Å²) in [7, 11) is 3.13. The van der Waals surface area contributed by atoms with Crippen molar-refractivity contribution in [3.05, 3.63) is 47.5 Å². The molecule has 1 fully saturated rings. The highest BCUT2D eigenvalue weighted by Crippen LogP contribution is 2.29. The molecule has 9 nitrogen and oxygen atoms in total. The number of carbonyl (C=O) groups is 2. The van der Waals surface area contributed by atoms with Crippen molar-refractivity contribution in [2.45, 2.75) is 31.5 Å². The SMILES string of the molecule is COc1cc2ccc1CNC(=O)CCc1ccc(c(OC)c1)OCC(=O)N[C@@H]1CNC[C@H]1O2. The Hall–Kier alpha value is -3.46. The van der Waals surface area contributed by atoms with Crippen molar-refractivity contribution in [1.29, 1.82) is 0 Å². The van der Waals surface area contributed by atoms with Crippen molar-refractivity contribution in [3.63, 3.8) is 0 Å². The number of aryl methyl sites for hydroxylation is 1. The number of rotatable bonds is 2. The molecule has 2 aromatic rings. The van der Waals surface area contributed by atoms with E-state index in [1.54, 1.807) is 26.4 Å². The van der Waals surface area contributed by atoms with E-state index < -0.39 is 0 Å². The summed E-state index contributed by atoms with van der Waals surface area (Å²) in [5.41, 5.74) is 1.79. The number of benzene rings is 2. The third-order valence-corrected chi connectivity index (χ3v) is 5.75. The van der Waals surface area contributed by atoms with Crippen LogP contribution in [0.2, 0.25) is 0 Å². The van der Waals surface area contributed by atoms with Gasteiger partial charge in [0, 0.05) is 37.7 Å². The van der Waals surface area contributed by atoms with Crippen molar-refractivity contribution in [2.24, 2.45) is 0 Å². The summed E-state index contributed by atoms with van der Waals surface area (Å²) in [6.07, 6.45) is 0.623. The van der Waals surface area contributed by atoms with Gasteiger partial charge in [-0.1, -0.05) is 6.07 Å². The standard InChI is InChI=1S/C24H29N3O6/c1-30-20-10-17-6-5-16(20)11-26-23(28)8-4-15-3-7-19(21(9-15)31-2)32-14-24(29)27-18-12-25-13-22(18)33-17/h3,5-7,9-10,18,22,25H,4,8,11-14H2,1-2H3,(H,26,28)(H,27,29)/t18-,22-/m1/s1. The van der Waals surface area contributed by atoms with Gasteiger partial charge in [0.15, 0.2) is 18.1 Å². The summed E-state index contributed by atoms with van der Waals surface area (Å²) in [5, 5.41) is 9.17. The van der Waals surface area contributed by atoms with Crippen LogP contribution in [-0.4, -0.2) is 57.9 Å². The molecule has 7 rings (SSSR count). The first-order chi connectivity index (χ1) is 16.1. The van der Waals surface area contributed by atoms with Gasteiger partial charge in [-0.05, 0) is 36.2 Å². The van der Waals surface area contributed by atoms with Crippen molar-refractivity contribution < 1.29 is 28.5 Å². The molecule has 9 heteroatoms. The number of methoxy groups -OCH3 is 2. The van der Waals surface area contributed by atoms with Gasteiger partial charge in [-0.2, -0.15) is 0 Å². The molecular weight excluding hydrogens is 426 g/mol. The average Bonchev–Trinajstić information content (AvgIpc) is 3.26. The molecule has 2 aromatic carbocycles. The van der Waals surface area contributed by atoms with E-state index in [1.165, 1.54) is 0 Å². The van der Waals surface area contributed by atoms with Gasteiger partial charge >= 0.3 is 0 Å². The first-order valence-electron chi connectivity index (χ1n) is 11.0. The minimum absolute atomic E-state index is 0.0670. The lowest BCUT2D eigenvalue weighted by Gasteiger charge is -2.22. The van der Waals surface area contributed by atoms with Gasteiger partial charge in [-0.15, -0.1) is 0 Å². The number of hydrogen-bond acceptors (Lipinski definition) is 7. The Kier molecular flexibility index (Phi) is 7.19. The average molecular weight is 456 g/mol. The topological polar surface area (TPSA) is 107 Å². The molecule has 5 heterocycles. The molecule has 4 bridgehead atoms. The van der Waals surface area contributed by atoms with Crippen LogP contribution < -0.4 is 34.9 Å². The smallest absolute Gasteiger partial charge is 0.258 e. The Labute approximate surface area is 192 Å². The van der Waals surface area contributed by atoms with E-state index in [4.69, 9.17) is 18.9 Å². The number of carbonyl (C=O) groups excluding carboxylic acids is 2. The lowest BCUT2D eigenvalue weighted by molar-refractivity contribution is -0.124. The maximum Gasteiger partial charge on any atom is 0.258 e. The minimum atomic E-state index is -0.248. The maximum atomic E-state index is 12.5. The summed E-state index contributed by atoms with van der Waals surface area (Å²) in [6.45, 7) is 1.39. The molecule has 176 valence electrons. The highest BCUT2D eigenvalue weighted by molar-refractivity contribution is 5.78. The van der Waals surface area contributed by atoms with Gasteiger partial charge in [0.25, 0.3) is 5.91 Å². The second-order valence-electron chi connectivity index (χ2n) is 8.01. The quantitative estimate of drug-likeness (QED) is 0.624. The summed E-state index contributed by atoms with van der Waals surface area (Å²) in [5.74, 6) is 1.93. The predicted molar refractivity (Wildman–Crippen MR) is 121 cm³/mol. The van der Waals surface area contributed by atoms with Gasteiger partial charge in [-0.25, -0.2) is 0 Å². The fraction of sp³-hybridized carbons (Fsp3) is 0.417. The molecule has 0 spiro atoms. The van der Waals surface area contributed by atoms with Crippen LogP contribution in [0.25, 0.3) is 0 Å². The first kappa shape index (κ1) is 22.7. The molecular formula is C24H29N3O6. The van der Waals surface area contributed by atoms with Crippen LogP contribution in [0.5, 0.6) is 23.0 Å². The number of nitrogens with one attached hydrogen (secondary N) is 3. The summed E-state index contributed by atoms with van der Waals surface area (Å²) in [6, 6.07) is 10.8. The third-order valence-electron chi connectivity index (χ3n) is 5.75. The molecule has 3 N–H and O–H groups in total. The minimum Gasteiger partial charge on any atom is -0.496 e. The summed E-state index contributed by atoms with van der Waals surface area (Å²) >= 11 is 0. The summed E-state index contributed by atoms with van der Waals surface area (Å²) < 4.78 is 22.8. The predicted octanol–water partition coefficient (Wildman–Crippen LogP) is 1.18. The monoisotopic (exact) mass is 455 g/mol. The molecule has 2 amide bonds. The zero-order chi connectivity index (χ0) is 23.2. The van der Waals surface area contributed by atoms with Crippen LogP contribution in [0, 0.1) is 0 Å². The molecule has 0 radical (unpaired) electrons. The molecule has 0 aliphatic carbocycles. The maximum absolute atomic E-state index is 12.5. The van der Waals surface area contributed by atoms with Crippen LogP contribution in [0.3, 0.4) is 0 Å². The van der Waals surface area contributed by atoms with E-state index >= 15 is 0 Å². The molecule has 0 unspecified atom stereocenters. The van der Waals surface area contributed by atoms with Gasteiger partial charge in [0.2, 0.25) is 5.91 Å². The second kappa shape index (κ2) is 10.4. The van der Waals surface area contributed by atoms with Crippen LogP contribution in [0.15, 0.2) is 36.4 Å². The van der Waals surface area contributed by atoms with E-state index in [-0.39, 0.29) is 30.6 Å². The Bertz CT molecular complexity index is 1010. The molecule has 0 saturated carbocycles. The largest absolute Gasteiger partial charge is 0.496 e. The second-order valence-corrected chi connectivity index (χ2v) is 8.01. The molecule has 0 aromatic heterocycles. The zero-order valence-electron chi connectivity index (χ0n) is 18.8. The molecule has 1 saturated heterocycles. The Balaban J connectivity index is 1.58. The highest BCUT2D eigenvalue weighted by Gasteiger charge is 2.30. The molecule has 5 aliphatic heterocycles. The number of ether oxygens (including phenoxy) is 4. The Morgan fingerprint density at radius 1 is 0.939 bits per heavy atom. The lowest BCUT2D eigenvalue weighted by Crippen LogP contribution is -2.46. The Morgan fingerprint density at radius 2 is 1.79 bits per heavy atom. The fourth-order valence-corrected chi connectivity index (χ4v) is 3.96. The van der Waals surface area contributed by atoms with Crippen molar-refractivity contribution >= 4 is 11.8 Å². The number of hydrogen-bond donors (Lipinski definition) is 3. The van der Waals surface area contributed by atoms with Crippen LogP contribution in [-0.2, 0) is 22.6 Å². The zero-order valence-corrected chi connectivity index (χ0v) is 18.8. The highest BCUT2D eigenvalue weighted by atomic mass is 16.5. The lowest BCUT2D eigenvalue weighted by atomic mass is 10.1. The van der Waals surface area contributed by atoms with Crippen LogP contribution >= 0.6 is 0 Å². The van der Waals surface area contributed by atoms with Crippen molar-refractivity contribution in [3.8, 4) is 23.0 Å². The van der Waals surface area contributed by atoms with Gasteiger partial charge in [0.1, 0.15) is 17.6 Å². The normalized spacial score (nSPS) is 21.3. The van der Waals surface area contributed by atoms with E-state index in [0.717, 1.165) is 11.1 Å². The third kappa shape index (κ3) is 5.67. The van der Waals surface area contributed by atoms with Crippen LogP contribution in [0.1, 0.15) is 17.5 Å². The van der Waals surface area contributed by atoms with Crippen molar-refractivity contribution in [1.82, 2.24) is 16.0 Å². The van der Waals surface area contributed by atoms with Gasteiger partial charge in [0.05, 0.1) is 20.3 Å². The van der Waals surface area contributed by atoms with E-state index in [0.29, 0.717) is 55.5 Å². The van der Waals surface area contributed by atoms with Gasteiger partial charge in [-0.3, -0.25) is 9.59 Å². The molecule has 2 atom stereocenters. The van der Waals surface area contributed by atoms with E-state index in [9.17, 15) is 9.59 Å². The van der Waals surface area contributed by atoms with Crippen LogP contribution in [0.4, 0.5) is 0 Å². The molecule has 5 aliphatic rings. The summed E-state index contributed by atoms with van der Waals surface area (Å²) in [4.78, 5) is 24.9.